The molecule has 0 amide bonds. The number of rotatable bonds is 4. The van der Waals surface area contributed by atoms with Gasteiger partial charge in [-0.3, -0.25) is 4.79 Å². The summed E-state index contributed by atoms with van der Waals surface area (Å²) in [6.45, 7) is 5.68. The normalized spacial score (nSPS) is 16.6. The van der Waals surface area contributed by atoms with Gasteiger partial charge in [0.05, 0.1) is 6.61 Å². The van der Waals surface area contributed by atoms with Gasteiger partial charge < -0.3 is 14.6 Å². The molecule has 0 radical (unpaired) electrons. The van der Waals surface area contributed by atoms with E-state index >= 15 is 0 Å². The van der Waals surface area contributed by atoms with E-state index in [0.29, 0.717) is 0 Å². The van der Waals surface area contributed by atoms with E-state index < -0.39 is 23.6 Å². The fraction of sp³-hybridized carbons (Fsp3) is 0.778. The summed E-state index contributed by atoms with van der Waals surface area (Å²) in [5.41, 5.74) is -1.80. The Morgan fingerprint density at radius 2 is 2.00 bits per heavy atom. The average molecular weight is 204 g/mol. The maximum atomic E-state index is 11.2. The molecule has 2 atom stereocenters. The van der Waals surface area contributed by atoms with Gasteiger partial charge in [-0.15, -0.1) is 0 Å². The topological polar surface area (TPSA) is 72.8 Å². The van der Waals surface area contributed by atoms with E-state index in [1.165, 1.54) is 20.8 Å². The second kappa shape index (κ2) is 4.95. The van der Waals surface area contributed by atoms with Gasteiger partial charge in [0.1, 0.15) is 6.10 Å². The molecule has 14 heavy (non-hydrogen) atoms. The van der Waals surface area contributed by atoms with Crippen LogP contribution in [0.5, 0.6) is 0 Å². The zero-order valence-corrected chi connectivity index (χ0v) is 8.86. The number of carbonyl (C=O) groups is 2. The van der Waals surface area contributed by atoms with Gasteiger partial charge in [0.25, 0.3) is 0 Å². The van der Waals surface area contributed by atoms with Crippen molar-refractivity contribution in [3.05, 3.63) is 0 Å². The van der Waals surface area contributed by atoms with Gasteiger partial charge in [-0.1, -0.05) is 0 Å². The summed E-state index contributed by atoms with van der Waals surface area (Å²) in [6.07, 6.45) is -0.931. The Bertz CT molecular complexity index is 221. The van der Waals surface area contributed by atoms with E-state index in [2.05, 4.69) is 4.74 Å². The highest BCUT2D eigenvalue weighted by Crippen LogP contribution is 2.15. The number of carbonyl (C=O) groups excluding carboxylic acids is 2. The molecule has 0 heterocycles. The van der Waals surface area contributed by atoms with Crippen LogP contribution in [0.15, 0.2) is 0 Å². The van der Waals surface area contributed by atoms with Crippen LogP contribution in [0.1, 0.15) is 27.7 Å². The van der Waals surface area contributed by atoms with Crippen LogP contribution < -0.4 is 0 Å². The Morgan fingerprint density at radius 3 is 2.36 bits per heavy atom. The highest BCUT2D eigenvalue weighted by atomic mass is 16.6. The number of aliphatic hydroxyl groups is 1. The highest BCUT2D eigenvalue weighted by Gasteiger charge is 2.40. The zero-order valence-electron chi connectivity index (χ0n) is 8.86. The predicted molar refractivity (Wildman–Crippen MR) is 48.5 cm³/mol. The molecule has 0 bridgehead atoms. The summed E-state index contributed by atoms with van der Waals surface area (Å²) in [5, 5.41) is 9.68. The van der Waals surface area contributed by atoms with E-state index in [9.17, 15) is 14.7 Å². The first-order chi connectivity index (χ1) is 6.32. The van der Waals surface area contributed by atoms with Crippen molar-refractivity contribution >= 4 is 11.9 Å². The van der Waals surface area contributed by atoms with Crippen molar-refractivity contribution < 1.29 is 24.2 Å². The molecular weight excluding hydrogens is 188 g/mol. The van der Waals surface area contributed by atoms with E-state index in [1.807, 2.05) is 0 Å². The van der Waals surface area contributed by atoms with Crippen LogP contribution in [-0.2, 0) is 19.1 Å². The largest absolute Gasteiger partial charge is 0.464 e. The molecule has 0 aliphatic rings. The van der Waals surface area contributed by atoms with E-state index in [1.54, 1.807) is 6.92 Å². The van der Waals surface area contributed by atoms with Crippen molar-refractivity contribution in [1.29, 1.82) is 0 Å². The van der Waals surface area contributed by atoms with Gasteiger partial charge >= 0.3 is 11.9 Å². The molecule has 0 aromatic heterocycles. The van der Waals surface area contributed by atoms with Crippen molar-refractivity contribution in [2.45, 2.75) is 39.4 Å². The lowest BCUT2D eigenvalue weighted by Gasteiger charge is -2.26. The van der Waals surface area contributed by atoms with Gasteiger partial charge in [0.2, 0.25) is 0 Å². The first-order valence-electron chi connectivity index (χ1n) is 4.39. The van der Waals surface area contributed by atoms with Crippen LogP contribution in [-0.4, -0.2) is 35.4 Å². The third-order valence-electron chi connectivity index (χ3n) is 1.82. The minimum Gasteiger partial charge on any atom is -0.464 e. The fourth-order valence-electron chi connectivity index (χ4n) is 0.807. The van der Waals surface area contributed by atoms with E-state index in [0.717, 1.165) is 0 Å². The molecule has 0 rings (SSSR count). The third-order valence-corrected chi connectivity index (χ3v) is 1.82. The molecule has 5 nitrogen and oxygen atoms in total. The SMILES string of the molecule is CCOC(=O)[C@@](C)(O)[C@@H](C)OC(C)=O. The molecule has 0 aliphatic heterocycles. The molecule has 82 valence electrons. The van der Waals surface area contributed by atoms with Crippen molar-refractivity contribution in [2.75, 3.05) is 6.61 Å². The minimum atomic E-state index is -1.80. The van der Waals surface area contributed by atoms with Gasteiger partial charge in [-0.2, -0.15) is 0 Å². The minimum absolute atomic E-state index is 0.168. The predicted octanol–water partition coefficient (Wildman–Crippen LogP) is 0.252. The first-order valence-corrected chi connectivity index (χ1v) is 4.39. The number of esters is 2. The lowest BCUT2D eigenvalue weighted by molar-refractivity contribution is -0.182. The zero-order chi connectivity index (χ0) is 11.4. The van der Waals surface area contributed by atoms with Crippen LogP contribution in [0, 0.1) is 0 Å². The maximum absolute atomic E-state index is 11.2. The highest BCUT2D eigenvalue weighted by molar-refractivity contribution is 5.80. The first kappa shape index (κ1) is 12.9. The monoisotopic (exact) mass is 204 g/mol. The third kappa shape index (κ3) is 3.33. The molecule has 0 saturated carbocycles. The number of hydrogen-bond acceptors (Lipinski definition) is 5. The van der Waals surface area contributed by atoms with Crippen molar-refractivity contribution in [1.82, 2.24) is 0 Å². The second-order valence-electron chi connectivity index (χ2n) is 3.12. The summed E-state index contributed by atoms with van der Waals surface area (Å²) < 4.78 is 9.32. The Kier molecular flexibility index (Phi) is 4.56. The number of hydrogen-bond donors (Lipinski definition) is 1. The molecule has 0 saturated heterocycles. The molecular formula is C9H16O5. The van der Waals surface area contributed by atoms with Crippen LogP contribution in [0.2, 0.25) is 0 Å². The summed E-state index contributed by atoms with van der Waals surface area (Å²) >= 11 is 0. The Hall–Kier alpha value is -1.10. The summed E-state index contributed by atoms with van der Waals surface area (Å²) in [5.74, 6) is -1.35. The maximum Gasteiger partial charge on any atom is 0.341 e. The lowest BCUT2D eigenvalue weighted by atomic mass is 10.0. The standard InChI is InChI=1S/C9H16O5/c1-5-13-8(11)9(4,12)6(2)14-7(3)10/h6,12H,5H2,1-4H3/t6-,9+/m1/s1. The summed E-state index contributed by atoms with van der Waals surface area (Å²) in [7, 11) is 0. The molecule has 0 fully saturated rings. The summed E-state index contributed by atoms with van der Waals surface area (Å²) in [4.78, 5) is 21.8. The van der Waals surface area contributed by atoms with Crippen LogP contribution in [0.4, 0.5) is 0 Å². The van der Waals surface area contributed by atoms with Gasteiger partial charge in [0.15, 0.2) is 5.60 Å². The van der Waals surface area contributed by atoms with Crippen molar-refractivity contribution in [3.63, 3.8) is 0 Å². The summed E-state index contributed by atoms with van der Waals surface area (Å²) in [6, 6.07) is 0. The molecule has 0 spiro atoms. The molecule has 0 unspecified atom stereocenters. The molecule has 0 aromatic rings. The van der Waals surface area contributed by atoms with Crippen molar-refractivity contribution in [2.24, 2.45) is 0 Å². The Morgan fingerprint density at radius 1 is 1.50 bits per heavy atom. The van der Waals surface area contributed by atoms with E-state index in [-0.39, 0.29) is 6.61 Å². The van der Waals surface area contributed by atoms with Crippen molar-refractivity contribution in [3.8, 4) is 0 Å². The van der Waals surface area contributed by atoms with Crippen LogP contribution in [0.25, 0.3) is 0 Å². The molecule has 1 N–H and O–H groups in total. The second-order valence-corrected chi connectivity index (χ2v) is 3.12. The fourth-order valence-corrected chi connectivity index (χ4v) is 0.807. The Labute approximate surface area is 83.0 Å². The smallest absolute Gasteiger partial charge is 0.341 e. The molecule has 5 heteroatoms. The van der Waals surface area contributed by atoms with Gasteiger partial charge in [-0.25, -0.2) is 4.79 Å². The Balaban J connectivity index is 4.42. The quantitative estimate of drug-likeness (QED) is 0.664. The lowest BCUT2D eigenvalue weighted by Crippen LogP contribution is -2.48. The van der Waals surface area contributed by atoms with Gasteiger partial charge in [0, 0.05) is 6.92 Å². The van der Waals surface area contributed by atoms with Crippen LogP contribution >= 0.6 is 0 Å². The van der Waals surface area contributed by atoms with Gasteiger partial charge in [-0.05, 0) is 20.8 Å². The van der Waals surface area contributed by atoms with Crippen LogP contribution in [0.3, 0.4) is 0 Å². The molecule has 0 aliphatic carbocycles. The molecule has 0 aromatic carbocycles. The number of ether oxygens (including phenoxy) is 2. The van der Waals surface area contributed by atoms with E-state index in [4.69, 9.17) is 4.74 Å². The average Bonchev–Trinajstić information content (AvgIpc) is 2.03.